The standard InChI is InChI=1S/C15H15N5O2/c21-14(19-12-5-7-16-8-6-12)18-11-1-3-13(4-2-11)20-10-9-17-15(20)22/h1-8H,9-10H2,(H,17,22)(H2,16,18,19,21). The number of anilines is 3. The summed E-state index contributed by atoms with van der Waals surface area (Å²) in [6, 6.07) is 10.1. The summed E-state index contributed by atoms with van der Waals surface area (Å²) in [5, 5.41) is 8.18. The molecule has 4 amide bonds. The van der Waals surface area contributed by atoms with E-state index in [-0.39, 0.29) is 12.1 Å². The van der Waals surface area contributed by atoms with Gasteiger partial charge in [-0.25, -0.2) is 9.59 Å². The predicted octanol–water partition coefficient (Wildman–Crippen LogP) is 2.26. The Bertz CT molecular complexity index is 672. The van der Waals surface area contributed by atoms with Gasteiger partial charge in [0.2, 0.25) is 0 Å². The lowest BCUT2D eigenvalue weighted by molar-refractivity contribution is 0.252. The van der Waals surface area contributed by atoms with E-state index in [2.05, 4.69) is 20.9 Å². The first-order valence-corrected chi connectivity index (χ1v) is 6.86. The molecule has 0 saturated carbocycles. The first-order valence-electron chi connectivity index (χ1n) is 6.86. The molecule has 0 unspecified atom stereocenters. The Labute approximate surface area is 127 Å². The van der Waals surface area contributed by atoms with Gasteiger partial charge in [0.25, 0.3) is 0 Å². The normalized spacial score (nSPS) is 13.6. The molecular weight excluding hydrogens is 282 g/mol. The largest absolute Gasteiger partial charge is 0.336 e. The van der Waals surface area contributed by atoms with Gasteiger partial charge in [0.15, 0.2) is 0 Å². The van der Waals surface area contributed by atoms with Crippen molar-refractivity contribution in [2.45, 2.75) is 0 Å². The van der Waals surface area contributed by atoms with Crippen LogP contribution in [0.1, 0.15) is 0 Å². The predicted molar refractivity (Wildman–Crippen MR) is 84.1 cm³/mol. The summed E-state index contributed by atoms with van der Waals surface area (Å²) in [5.74, 6) is 0. The van der Waals surface area contributed by atoms with Gasteiger partial charge >= 0.3 is 12.1 Å². The van der Waals surface area contributed by atoms with E-state index in [4.69, 9.17) is 0 Å². The monoisotopic (exact) mass is 297 g/mol. The van der Waals surface area contributed by atoms with E-state index in [1.165, 1.54) is 0 Å². The highest BCUT2D eigenvalue weighted by molar-refractivity contribution is 6.00. The van der Waals surface area contributed by atoms with Gasteiger partial charge in [-0.05, 0) is 36.4 Å². The fourth-order valence-electron chi connectivity index (χ4n) is 2.17. The molecular formula is C15H15N5O2. The molecule has 1 aliphatic heterocycles. The Balaban J connectivity index is 1.61. The first-order chi connectivity index (χ1) is 10.7. The van der Waals surface area contributed by atoms with Crippen LogP contribution in [0.2, 0.25) is 0 Å². The maximum Gasteiger partial charge on any atom is 0.323 e. The third-order valence-electron chi connectivity index (χ3n) is 3.23. The van der Waals surface area contributed by atoms with Crippen molar-refractivity contribution >= 4 is 29.1 Å². The minimum Gasteiger partial charge on any atom is -0.336 e. The molecule has 0 radical (unpaired) electrons. The fraction of sp³-hybridized carbons (Fsp3) is 0.133. The summed E-state index contributed by atoms with van der Waals surface area (Å²) in [6.45, 7) is 1.29. The number of rotatable bonds is 3. The third-order valence-corrected chi connectivity index (χ3v) is 3.23. The van der Waals surface area contributed by atoms with E-state index >= 15 is 0 Å². The van der Waals surface area contributed by atoms with Crippen LogP contribution in [0, 0.1) is 0 Å². The number of urea groups is 2. The van der Waals surface area contributed by atoms with Crippen LogP contribution in [0.25, 0.3) is 0 Å². The van der Waals surface area contributed by atoms with E-state index in [1.807, 2.05) is 0 Å². The van der Waals surface area contributed by atoms with Crippen molar-refractivity contribution < 1.29 is 9.59 Å². The van der Waals surface area contributed by atoms with Crippen molar-refractivity contribution in [2.75, 3.05) is 28.6 Å². The summed E-state index contributed by atoms with van der Waals surface area (Å²) < 4.78 is 0. The van der Waals surface area contributed by atoms with Gasteiger partial charge in [-0.15, -0.1) is 0 Å². The topological polar surface area (TPSA) is 86.4 Å². The summed E-state index contributed by atoms with van der Waals surface area (Å²) in [5.41, 5.74) is 2.11. The molecule has 7 heteroatoms. The smallest absolute Gasteiger partial charge is 0.323 e. The molecule has 0 bridgehead atoms. The minimum absolute atomic E-state index is 0.101. The molecule has 3 N–H and O–H groups in total. The molecule has 1 aliphatic rings. The highest BCUT2D eigenvalue weighted by Crippen LogP contribution is 2.19. The maximum atomic E-state index is 11.9. The molecule has 22 heavy (non-hydrogen) atoms. The Kier molecular flexibility index (Phi) is 3.86. The Hall–Kier alpha value is -3.09. The number of nitrogens with one attached hydrogen (secondary N) is 3. The third kappa shape index (κ3) is 3.14. The van der Waals surface area contributed by atoms with Crippen LogP contribution in [-0.2, 0) is 0 Å². The van der Waals surface area contributed by atoms with Crippen LogP contribution in [0.3, 0.4) is 0 Å². The zero-order chi connectivity index (χ0) is 15.4. The number of amides is 4. The van der Waals surface area contributed by atoms with E-state index < -0.39 is 0 Å². The Morgan fingerprint density at radius 2 is 1.68 bits per heavy atom. The van der Waals surface area contributed by atoms with Crippen LogP contribution in [0.4, 0.5) is 26.7 Å². The van der Waals surface area contributed by atoms with Crippen LogP contribution in [-0.4, -0.2) is 30.1 Å². The highest BCUT2D eigenvalue weighted by Gasteiger charge is 2.20. The molecule has 2 aromatic rings. The molecule has 1 aromatic carbocycles. The second kappa shape index (κ2) is 6.13. The van der Waals surface area contributed by atoms with Crippen molar-refractivity contribution in [3.63, 3.8) is 0 Å². The second-order valence-electron chi connectivity index (χ2n) is 4.75. The first kappa shape index (κ1) is 13.9. The molecule has 0 spiro atoms. The van der Waals surface area contributed by atoms with Crippen molar-refractivity contribution in [2.24, 2.45) is 0 Å². The molecule has 2 heterocycles. The second-order valence-corrected chi connectivity index (χ2v) is 4.75. The molecule has 1 aromatic heterocycles. The lowest BCUT2D eigenvalue weighted by Gasteiger charge is -2.14. The summed E-state index contributed by atoms with van der Waals surface area (Å²) >= 11 is 0. The van der Waals surface area contributed by atoms with Crippen molar-refractivity contribution in [3.8, 4) is 0 Å². The van der Waals surface area contributed by atoms with Gasteiger partial charge in [-0.1, -0.05) is 0 Å². The maximum absolute atomic E-state index is 11.9. The fourth-order valence-corrected chi connectivity index (χ4v) is 2.17. The molecule has 7 nitrogen and oxygen atoms in total. The number of aromatic nitrogens is 1. The number of hydrogen-bond acceptors (Lipinski definition) is 3. The van der Waals surface area contributed by atoms with Gasteiger partial charge < -0.3 is 16.0 Å². The van der Waals surface area contributed by atoms with Crippen LogP contribution in [0.15, 0.2) is 48.8 Å². The van der Waals surface area contributed by atoms with Gasteiger partial charge in [-0.2, -0.15) is 0 Å². The summed E-state index contributed by atoms with van der Waals surface area (Å²) in [6.07, 6.45) is 3.21. The van der Waals surface area contributed by atoms with Crippen LogP contribution in [0.5, 0.6) is 0 Å². The van der Waals surface area contributed by atoms with E-state index in [9.17, 15) is 9.59 Å². The van der Waals surface area contributed by atoms with Gasteiger partial charge in [0, 0.05) is 42.5 Å². The average Bonchev–Trinajstić information content (AvgIpc) is 2.95. The number of carbonyl (C=O) groups excluding carboxylic acids is 2. The van der Waals surface area contributed by atoms with Crippen molar-refractivity contribution in [3.05, 3.63) is 48.8 Å². The SMILES string of the molecule is O=C(Nc1ccncc1)Nc1ccc(N2CCNC2=O)cc1. The molecule has 112 valence electrons. The van der Waals surface area contributed by atoms with Crippen LogP contribution >= 0.6 is 0 Å². The van der Waals surface area contributed by atoms with Crippen molar-refractivity contribution in [1.29, 1.82) is 0 Å². The molecule has 0 aliphatic carbocycles. The zero-order valence-electron chi connectivity index (χ0n) is 11.7. The highest BCUT2D eigenvalue weighted by atomic mass is 16.2. The van der Waals surface area contributed by atoms with Gasteiger partial charge in [-0.3, -0.25) is 9.88 Å². The van der Waals surface area contributed by atoms with Crippen molar-refractivity contribution in [1.82, 2.24) is 10.3 Å². The average molecular weight is 297 g/mol. The zero-order valence-corrected chi connectivity index (χ0v) is 11.7. The number of benzene rings is 1. The van der Waals surface area contributed by atoms with E-state index in [0.29, 0.717) is 24.5 Å². The lowest BCUT2D eigenvalue weighted by Crippen LogP contribution is -2.27. The Morgan fingerprint density at radius 1 is 1.05 bits per heavy atom. The summed E-state index contributed by atoms with van der Waals surface area (Å²) in [4.78, 5) is 29.0. The molecule has 0 atom stereocenters. The minimum atomic E-state index is -0.335. The molecule has 1 saturated heterocycles. The molecule has 1 fully saturated rings. The number of carbonyl (C=O) groups is 2. The van der Waals surface area contributed by atoms with E-state index in [0.717, 1.165) is 5.69 Å². The van der Waals surface area contributed by atoms with E-state index in [1.54, 1.807) is 53.7 Å². The lowest BCUT2D eigenvalue weighted by atomic mass is 10.2. The van der Waals surface area contributed by atoms with Crippen LogP contribution < -0.4 is 20.9 Å². The Morgan fingerprint density at radius 3 is 2.27 bits per heavy atom. The quantitative estimate of drug-likeness (QED) is 0.812. The number of hydrogen-bond donors (Lipinski definition) is 3. The number of pyridine rings is 1. The van der Waals surface area contributed by atoms with Gasteiger partial charge in [0.05, 0.1) is 0 Å². The number of nitrogens with zero attached hydrogens (tertiary/aromatic N) is 2. The molecule has 3 rings (SSSR count). The summed E-state index contributed by atoms with van der Waals surface area (Å²) in [7, 11) is 0. The van der Waals surface area contributed by atoms with Gasteiger partial charge in [0.1, 0.15) is 0 Å².